The van der Waals surface area contributed by atoms with E-state index < -0.39 is 6.17 Å². The number of nitrogens with zero attached hydrogens (tertiary/aromatic N) is 1. The van der Waals surface area contributed by atoms with Crippen LogP contribution in [0.3, 0.4) is 0 Å². The van der Waals surface area contributed by atoms with Gasteiger partial charge in [-0.1, -0.05) is 18.2 Å². The lowest BCUT2D eigenvalue weighted by Gasteiger charge is -2.47. The average Bonchev–Trinajstić information content (AvgIpc) is 2.40. The monoisotopic (exact) mass is 251 g/mol. The first-order valence-electron chi connectivity index (χ1n) is 6.40. The van der Waals surface area contributed by atoms with Crippen molar-refractivity contribution >= 4 is 11.8 Å². The summed E-state index contributed by atoms with van der Waals surface area (Å²) < 4.78 is 14.2. The second-order valence-corrected chi connectivity index (χ2v) is 6.10. The fraction of sp³-hybridized carbons (Fsp3) is 0.571. The van der Waals surface area contributed by atoms with Crippen LogP contribution >= 0.6 is 11.8 Å². The summed E-state index contributed by atoms with van der Waals surface area (Å²) in [4.78, 5) is 3.60. The van der Waals surface area contributed by atoms with Crippen LogP contribution in [0.2, 0.25) is 0 Å². The maximum Gasteiger partial charge on any atom is 0.119 e. The van der Waals surface area contributed by atoms with E-state index in [1.165, 1.54) is 4.90 Å². The van der Waals surface area contributed by atoms with Gasteiger partial charge in [-0.2, -0.15) is 0 Å². The number of thioether (sulfide) groups is 1. The molecule has 0 saturated carbocycles. The molecule has 1 aromatic rings. The molecule has 92 valence electrons. The Bertz CT molecular complexity index is 360. The van der Waals surface area contributed by atoms with Crippen LogP contribution in [0.4, 0.5) is 4.39 Å². The molecule has 0 radical (unpaired) electrons. The van der Waals surface area contributed by atoms with Crippen molar-refractivity contribution in [1.29, 1.82) is 0 Å². The SMILES string of the molecule is FC1C2CCN(CC2)C1CSc1ccccc1. The van der Waals surface area contributed by atoms with Gasteiger partial charge in [0, 0.05) is 10.6 Å². The molecule has 2 unspecified atom stereocenters. The highest BCUT2D eigenvalue weighted by Gasteiger charge is 2.42. The van der Waals surface area contributed by atoms with Crippen molar-refractivity contribution in [3.05, 3.63) is 30.3 Å². The van der Waals surface area contributed by atoms with Gasteiger partial charge in [-0.05, 0) is 44.0 Å². The van der Waals surface area contributed by atoms with Crippen LogP contribution in [0.25, 0.3) is 0 Å². The fourth-order valence-corrected chi connectivity index (χ4v) is 4.09. The van der Waals surface area contributed by atoms with E-state index in [9.17, 15) is 4.39 Å². The van der Waals surface area contributed by atoms with Crippen molar-refractivity contribution in [3.63, 3.8) is 0 Å². The van der Waals surface area contributed by atoms with Crippen LogP contribution in [0.5, 0.6) is 0 Å². The third-order valence-electron chi connectivity index (χ3n) is 4.03. The first-order valence-corrected chi connectivity index (χ1v) is 7.39. The highest BCUT2D eigenvalue weighted by Crippen LogP contribution is 2.36. The van der Waals surface area contributed by atoms with Gasteiger partial charge < -0.3 is 0 Å². The minimum Gasteiger partial charge on any atom is -0.297 e. The number of hydrogen-bond donors (Lipinski definition) is 0. The Hall–Kier alpha value is -0.540. The van der Waals surface area contributed by atoms with Crippen LogP contribution in [0.15, 0.2) is 35.2 Å². The van der Waals surface area contributed by atoms with Crippen LogP contribution < -0.4 is 0 Å². The lowest BCUT2D eigenvalue weighted by atomic mass is 9.82. The molecule has 3 saturated heterocycles. The van der Waals surface area contributed by atoms with E-state index in [1.54, 1.807) is 11.8 Å². The van der Waals surface area contributed by atoms with Crippen molar-refractivity contribution < 1.29 is 4.39 Å². The Balaban J connectivity index is 1.62. The summed E-state index contributed by atoms with van der Waals surface area (Å²) in [5.74, 6) is 1.23. The van der Waals surface area contributed by atoms with Crippen molar-refractivity contribution in [1.82, 2.24) is 4.90 Å². The first kappa shape index (κ1) is 11.5. The van der Waals surface area contributed by atoms with Crippen molar-refractivity contribution in [3.8, 4) is 0 Å². The third-order valence-corrected chi connectivity index (χ3v) is 5.14. The van der Waals surface area contributed by atoms with Gasteiger partial charge in [-0.25, -0.2) is 4.39 Å². The average molecular weight is 251 g/mol. The van der Waals surface area contributed by atoms with Gasteiger partial charge in [0.05, 0.1) is 6.04 Å². The van der Waals surface area contributed by atoms with Gasteiger partial charge in [-0.3, -0.25) is 4.90 Å². The molecule has 1 aromatic carbocycles. The number of rotatable bonds is 3. The molecule has 0 amide bonds. The van der Waals surface area contributed by atoms with E-state index in [0.29, 0.717) is 5.92 Å². The Morgan fingerprint density at radius 1 is 1.18 bits per heavy atom. The maximum atomic E-state index is 14.2. The molecule has 0 spiro atoms. The lowest BCUT2D eigenvalue weighted by molar-refractivity contribution is -0.0179. The van der Waals surface area contributed by atoms with Crippen molar-refractivity contribution in [2.24, 2.45) is 5.92 Å². The predicted molar refractivity (Wildman–Crippen MR) is 70.1 cm³/mol. The number of halogens is 1. The van der Waals surface area contributed by atoms with Gasteiger partial charge in [0.25, 0.3) is 0 Å². The van der Waals surface area contributed by atoms with Crippen LogP contribution in [-0.2, 0) is 0 Å². The molecule has 0 N–H and O–H groups in total. The Labute approximate surface area is 106 Å². The molecular formula is C14H18FNS. The van der Waals surface area contributed by atoms with Gasteiger partial charge in [0.2, 0.25) is 0 Å². The molecule has 2 bridgehead atoms. The molecular weight excluding hydrogens is 233 g/mol. The number of benzene rings is 1. The maximum absolute atomic E-state index is 14.2. The van der Waals surface area contributed by atoms with Crippen molar-refractivity contribution in [2.75, 3.05) is 18.8 Å². The fourth-order valence-electron chi connectivity index (χ4n) is 2.98. The summed E-state index contributed by atoms with van der Waals surface area (Å²) in [6.45, 7) is 2.20. The summed E-state index contributed by atoms with van der Waals surface area (Å²) in [6, 6.07) is 10.5. The van der Waals surface area contributed by atoms with E-state index >= 15 is 0 Å². The van der Waals surface area contributed by atoms with Gasteiger partial charge >= 0.3 is 0 Å². The first-order chi connectivity index (χ1) is 8.34. The molecule has 3 aliphatic rings. The quantitative estimate of drug-likeness (QED) is 0.759. The summed E-state index contributed by atoms with van der Waals surface area (Å²) in [5.41, 5.74) is 0. The van der Waals surface area contributed by atoms with Gasteiger partial charge in [0.1, 0.15) is 6.17 Å². The Kier molecular flexibility index (Phi) is 3.39. The van der Waals surface area contributed by atoms with Gasteiger partial charge in [0.15, 0.2) is 0 Å². The van der Waals surface area contributed by atoms with E-state index in [0.717, 1.165) is 31.7 Å². The molecule has 3 heteroatoms. The van der Waals surface area contributed by atoms with E-state index in [2.05, 4.69) is 17.0 Å². The zero-order valence-corrected chi connectivity index (χ0v) is 10.7. The van der Waals surface area contributed by atoms with Crippen LogP contribution in [0, 0.1) is 5.92 Å². The zero-order valence-electron chi connectivity index (χ0n) is 9.89. The van der Waals surface area contributed by atoms with Gasteiger partial charge in [-0.15, -0.1) is 11.8 Å². The normalized spacial score (nSPS) is 36.1. The molecule has 3 fully saturated rings. The minimum absolute atomic E-state index is 0.146. The Morgan fingerprint density at radius 2 is 1.88 bits per heavy atom. The molecule has 3 heterocycles. The number of hydrogen-bond acceptors (Lipinski definition) is 2. The second-order valence-electron chi connectivity index (χ2n) is 5.01. The predicted octanol–water partition coefficient (Wildman–Crippen LogP) is 3.21. The summed E-state index contributed by atoms with van der Waals surface area (Å²) in [7, 11) is 0. The molecule has 0 aromatic heterocycles. The molecule has 1 nitrogen and oxygen atoms in total. The van der Waals surface area contributed by atoms with E-state index in [4.69, 9.17) is 0 Å². The molecule has 17 heavy (non-hydrogen) atoms. The number of alkyl halides is 1. The highest BCUT2D eigenvalue weighted by atomic mass is 32.2. The van der Waals surface area contributed by atoms with E-state index in [1.807, 2.05) is 18.2 Å². The highest BCUT2D eigenvalue weighted by molar-refractivity contribution is 7.99. The third kappa shape index (κ3) is 2.36. The summed E-state index contributed by atoms with van der Waals surface area (Å²) in [5, 5.41) is 0. The van der Waals surface area contributed by atoms with Crippen LogP contribution in [0.1, 0.15) is 12.8 Å². The summed E-state index contributed by atoms with van der Waals surface area (Å²) >= 11 is 1.79. The van der Waals surface area contributed by atoms with Crippen LogP contribution in [-0.4, -0.2) is 36.0 Å². The number of fused-ring (bicyclic) bond motifs is 3. The number of piperidine rings is 3. The standard InChI is InChI=1S/C14H18FNS/c15-14-11-6-8-16(9-7-11)13(14)10-17-12-4-2-1-3-5-12/h1-5,11,13-14H,6-10H2. The topological polar surface area (TPSA) is 3.24 Å². The second kappa shape index (κ2) is 4.99. The molecule has 3 aliphatic heterocycles. The van der Waals surface area contributed by atoms with Crippen molar-refractivity contribution in [2.45, 2.75) is 30.0 Å². The minimum atomic E-state index is -0.603. The molecule has 4 rings (SSSR count). The lowest BCUT2D eigenvalue weighted by Crippen LogP contribution is -2.57. The Morgan fingerprint density at radius 3 is 2.53 bits per heavy atom. The summed E-state index contributed by atoms with van der Waals surface area (Å²) in [6.07, 6.45) is 1.52. The molecule has 0 aliphatic carbocycles. The zero-order chi connectivity index (χ0) is 11.7. The largest absolute Gasteiger partial charge is 0.297 e. The van der Waals surface area contributed by atoms with E-state index in [-0.39, 0.29) is 6.04 Å². The molecule has 2 atom stereocenters. The smallest absolute Gasteiger partial charge is 0.119 e.